The van der Waals surface area contributed by atoms with Gasteiger partial charge in [0.2, 0.25) is 11.8 Å². The summed E-state index contributed by atoms with van der Waals surface area (Å²) < 4.78 is 0. The van der Waals surface area contributed by atoms with Crippen molar-refractivity contribution < 1.29 is 14.4 Å². The van der Waals surface area contributed by atoms with Crippen LogP contribution in [0.15, 0.2) is 60.7 Å². The van der Waals surface area contributed by atoms with Gasteiger partial charge in [-0.2, -0.15) is 0 Å². The average Bonchev–Trinajstić information content (AvgIpc) is 3.07. The molecule has 0 saturated carbocycles. The van der Waals surface area contributed by atoms with Crippen molar-refractivity contribution in [3.63, 3.8) is 0 Å². The lowest BCUT2D eigenvalue weighted by atomic mass is 10.0. The molecule has 0 fully saturated rings. The summed E-state index contributed by atoms with van der Waals surface area (Å²) in [6.07, 6.45) is 0.462. The third kappa shape index (κ3) is 4.92. The van der Waals surface area contributed by atoms with Crippen molar-refractivity contribution in [1.82, 2.24) is 10.2 Å². The minimum Gasteiger partial charge on any atom is -0.350 e. The van der Waals surface area contributed by atoms with E-state index in [1.807, 2.05) is 89.2 Å². The number of anilines is 1. The van der Waals surface area contributed by atoms with Gasteiger partial charge in [-0.1, -0.05) is 55.5 Å². The maximum atomic E-state index is 13.9. The zero-order valence-electron chi connectivity index (χ0n) is 21.1. The Morgan fingerprint density at radius 2 is 1.69 bits per heavy atom. The molecule has 1 aliphatic heterocycles. The van der Waals surface area contributed by atoms with Crippen molar-refractivity contribution in [3.05, 3.63) is 77.4 Å². The Morgan fingerprint density at radius 1 is 1.00 bits per heavy atom. The van der Waals surface area contributed by atoms with Crippen LogP contribution in [0.25, 0.3) is 10.8 Å². The van der Waals surface area contributed by atoms with Gasteiger partial charge in [0.25, 0.3) is 5.91 Å². The van der Waals surface area contributed by atoms with Crippen LogP contribution in [0.5, 0.6) is 0 Å². The molecule has 3 aromatic rings. The Bertz CT molecular complexity index is 1290. The van der Waals surface area contributed by atoms with Crippen LogP contribution in [0.4, 0.5) is 5.69 Å². The number of hydrogen-bond acceptors (Lipinski definition) is 3. The Labute approximate surface area is 206 Å². The second-order valence-electron chi connectivity index (χ2n) is 10.2. The maximum absolute atomic E-state index is 13.9. The van der Waals surface area contributed by atoms with Crippen molar-refractivity contribution in [3.8, 4) is 0 Å². The smallest absolute Gasteiger partial charge is 0.259 e. The highest BCUT2D eigenvalue weighted by molar-refractivity contribution is 6.26. The summed E-state index contributed by atoms with van der Waals surface area (Å²) >= 11 is 0. The van der Waals surface area contributed by atoms with Crippen LogP contribution in [-0.2, 0) is 16.1 Å². The van der Waals surface area contributed by atoms with Gasteiger partial charge in [-0.05, 0) is 62.8 Å². The Hall–Kier alpha value is -3.67. The summed E-state index contributed by atoms with van der Waals surface area (Å²) in [4.78, 5) is 43.6. The van der Waals surface area contributed by atoms with Crippen LogP contribution in [0.1, 0.15) is 55.6 Å². The second kappa shape index (κ2) is 9.53. The molecule has 1 N–H and O–H groups in total. The third-order valence-corrected chi connectivity index (χ3v) is 6.43. The molecule has 0 bridgehead atoms. The number of carbonyl (C=O) groups is 3. The molecule has 1 aliphatic rings. The quantitative estimate of drug-likeness (QED) is 0.537. The average molecular weight is 472 g/mol. The first-order chi connectivity index (χ1) is 16.6. The summed E-state index contributed by atoms with van der Waals surface area (Å²) in [6, 6.07) is 18.6. The van der Waals surface area contributed by atoms with E-state index in [-0.39, 0.29) is 24.3 Å². The van der Waals surface area contributed by atoms with Gasteiger partial charge < -0.3 is 10.2 Å². The number of benzene rings is 3. The molecule has 0 aromatic heterocycles. The zero-order chi connectivity index (χ0) is 25.3. The van der Waals surface area contributed by atoms with Crippen molar-refractivity contribution in [2.75, 3.05) is 11.4 Å². The molecule has 182 valence electrons. The van der Waals surface area contributed by atoms with Crippen molar-refractivity contribution in [1.29, 1.82) is 0 Å². The fraction of sp³-hybridized carbons (Fsp3) is 0.345. The number of nitrogens with one attached hydrogen (secondary N) is 1. The molecule has 1 atom stereocenters. The lowest BCUT2D eigenvalue weighted by Crippen LogP contribution is -2.55. The Kier molecular flexibility index (Phi) is 6.66. The number of carbonyl (C=O) groups excluding carboxylic acids is 3. The van der Waals surface area contributed by atoms with Crippen LogP contribution in [-0.4, -0.2) is 40.7 Å². The standard InChI is InChI=1S/C29H33N3O3/c1-6-23(27(34)30-29(3,4)5)31(17-21-12-8-7-11-19(21)2)25(33)18-32-24-16-10-14-20-13-9-15-22(26(20)24)28(32)35/h7-16,23H,6,17-18H2,1-5H3,(H,30,34)/t23-/m0/s1. The fourth-order valence-electron chi connectivity index (χ4n) is 4.71. The zero-order valence-corrected chi connectivity index (χ0v) is 21.1. The van der Waals surface area contributed by atoms with Crippen LogP contribution < -0.4 is 10.2 Å². The molecule has 3 amide bonds. The number of rotatable bonds is 7. The van der Waals surface area contributed by atoms with Crippen LogP contribution in [0.2, 0.25) is 0 Å². The molecule has 6 heteroatoms. The number of nitrogens with zero attached hydrogens (tertiary/aromatic N) is 2. The fourth-order valence-corrected chi connectivity index (χ4v) is 4.71. The van der Waals surface area contributed by atoms with E-state index >= 15 is 0 Å². The first-order valence-corrected chi connectivity index (χ1v) is 12.1. The van der Waals surface area contributed by atoms with E-state index in [4.69, 9.17) is 0 Å². The molecule has 6 nitrogen and oxygen atoms in total. The van der Waals surface area contributed by atoms with Crippen LogP contribution in [0.3, 0.4) is 0 Å². The monoisotopic (exact) mass is 471 g/mol. The molecule has 0 spiro atoms. The normalized spacial score (nSPS) is 13.7. The minimum atomic E-state index is -0.655. The lowest BCUT2D eigenvalue weighted by molar-refractivity contribution is -0.141. The molecule has 0 saturated heterocycles. The van der Waals surface area contributed by atoms with Gasteiger partial charge in [0.05, 0.1) is 5.69 Å². The minimum absolute atomic E-state index is 0.127. The molecule has 0 aliphatic carbocycles. The van der Waals surface area contributed by atoms with E-state index in [0.717, 1.165) is 27.6 Å². The summed E-state index contributed by atoms with van der Waals surface area (Å²) in [7, 11) is 0. The predicted molar refractivity (Wildman–Crippen MR) is 139 cm³/mol. The van der Waals surface area contributed by atoms with Gasteiger partial charge in [-0.25, -0.2) is 0 Å². The maximum Gasteiger partial charge on any atom is 0.259 e. The van der Waals surface area contributed by atoms with E-state index in [0.29, 0.717) is 18.5 Å². The number of aryl methyl sites for hydroxylation is 1. The molecular formula is C29H33N3O3. The first-order valence-electron chi connectivity index (χ1n) is 12.1. The highest BCUT2D eigenvalue weighted by Gasteiger charge is 2.35. The largest absolute Gasteiger partial charge is 0.350 e. The van der Waals surface area contributed by atoms with Crippen molar-refractivity contribution in [2.24, 2.45) is 0 Å². The number of hydrogen-bond donors (Lipinski definition) is 1. The molecule has 4 rings (SSSR count). The van der Waals surface area contributed by atoms with E-state index in [1.54, 1.807) is 15.9 Å². The topological polar surface area (TPSA) is 69.7 Å². The summed E-state index contributed by atoms with van der Waals surface area (Å²) in [5, 5.41) is 4.86. The summed E-state index contributed by atoms with van der Waals surface area (Å²) in [6.45, 7) is 9.83. The Balaban J connectivity index is 1.67. The van der Waals surface area contributed by atoms with Gasteiger partial charge in [0.15, 0.2) is 0 Å². The SMILES string of the molecule is CC[C@@H](C(=O)NC(C)(C)C)N(Cc1ccccc1C)C(=O)CN1C(=O)c2cccc3cccc1c23. The molecule has 35 heavy (non-hydrogen) atoms. The Morgan fingerprint density at radius 3 is 2.34 bits per heavy atom. The predicted octanol–water partition coefficient (Wildman–Crippen LogP) is 4.83. The van der Waals surface area contributed by atoms with Gasteiger partial charge in [-0.3, -0.25) is 19.3 Å². The van der Waals surface area contributed by atoms with Crippen molar-refractivity contribution in [2.45, 2.75) is 59.2 Å². The molecular weight excluding hydrogens is 438 g/mol. The highest BCUT2D eigenvalue weighted by Crippen LogP contribution is 2.37. The third-order valence-electron chi connectivity index (χ3n) is 6.43. The number of amides is 3. The van der Waals surface area contributed by atoms with Gasteiger partial charge >= 0.3 is 0 Å². The van der Waals surface area contributed by atoms with E-state index in [2.05, 4.69) is 5.32 Å². The van der Waals surface area contributed by atoms with Crippen molar-refractivity contribution >= 4 is 34.2 Å². The van der Waals surface area contributed by atoms with Gasteiger partial charge in [0, 0.05) is 23.0 Å². The van der Waals surface area contributed by atoms with Crippen LogP contribution >= 0.6 is 0 Å². The molecule has 1 heterocycles. The summed E-state index contributed by atoms with van der Waals surface area (Å²) in [5.74, 6) is -0.643. The van der Waals surface area contributed by atoms with Gasteiger partial charge in [0.1, 0.15) is 12.6 Å². The molecule has 3 aromatic carbocycles. The van der Waals surface area contributed by atoms with E-state index < -0.39 is 11.6 Å². The highest BCUT2D eigenvalue weighted by atomic mass is 16.2. The van der Waals surface area contributed by atoms with Gasteiger partial charge in [-0.15, -0.1) is 0 Å². The van der Waals surface area contributed by atoms with E-state index in [9.17, 15) is 14.4 Å². The van der Waals surface area contributed by atoms with Crippen LogP contribution in [0, 0.1) is 6.92 Å². The summed E-state index contributed by atoms with van der Waals surface area (Å²) in [5.41, 5.74) is 2.93. The lowest BCUT2D eigenvalue weighted by Gasteiger charge is -2.34. The molecule has 0 radical (unpaired) electrons. The van der Waals surface area contributed by atoms with E-state index in [1.165, 1.54) is 0 Å². The molecule has 0 unspecified atom stereocenters. The second-order valence-corrected chi connectivity index (χ2v) is 10.2. The first kappa shape index (κ1) is 24.5.